The molecule has 2 aliphatic rings. The molecule has 18 aromatic rings. The van der Waals surface area contributed by atoms with Crippen molar-refractivity contribution < 1.29 is 0 Å². The Morgan fingerprint density at radius 3 is 0.821 bits per heavy atom. The summed E-state index contributed by atoms with van der Waals surface area (Å²) < 4.78 is 2.61. The highest BCUT2D eigenvalue weighted by Gasteiger charge is 2.50. The van der Waals surface area contributed by atoms with Crippen molar-refractivity contribution in [2.75, 3.05) is 9.80 Å². The van der Waals surface area contributed by atoms with Gasteiger partial charge in [-0.15, -0.1) is 0 Å². The maximum atomic E-state index is 2.72. The van der Waals surface area contributed by atoms with Gasteiger partial charge in [-0.2, -0.15) is 0 Å². The SMILES string of the molecule is CC(C)(C)c1ccc2c(c1)c1cc(C(C)(C)C)ccc1n2-c1cc2c3c(c1)N(c1cccc([Si](c4ccccc4)(c4ccccc4)c4ccccc4)c1)c1ccc([Si](c4ccccc4)(c4ccccc4)c4ccccc4)cc1B3c1cc([Si](c3ccccc3)(c3ccccc3)c3ccccc3)ccc1N2c1cccc(-c2ccccc2)c1. The number of benzene rings is 17. The third-order valence-electron chi connectivity index (χ3n) is 25.3. The Kier molecular flexibility index (Phi) is 18.2. The van der Waals surface area contributed by atoms with Crippen LogP contribution >= 0.6 is 0 Å². The second kappa shape index (κ2) is 29.3. The molecular formula is C110H90BN3Si3. The maximum Gasteiger partial charge on any atom is 0.252 e. The van der Waals surface area contributed by atoms with E-state index in [0.717, 1.165) is 62.0 Å². The van der Waals surface area contributed by atoms with Crippen molar-refractivity contribution in [3.63, 3.8) is 0 Å². The molecule has 17 aromatic carbocycles. The van der Waals surface area contributed by atoms with Crippen LogP contribution in [-0.4, -0.2) is 35.5 Å². The van der Waals surface area contributed by atoms with E-state index < -0.39 is 24.2 Å². The summed E-state index contributed by atoms with van der Waals surface area (Å²) in [7, 11) is -9.66. The smallest absolute Gasteiger partial charge is 0.252 e. The molecule has 117 heavy (non-hydrogen) atoms. The molecule has 0 atom stereocenters. The molecule has 560 valence electrons. The van der Waals surface area contributed by atoms with Crippen molar-refractivity contribution in [1.82, 2.24) is 4.57 Å². The van der Waals surface area contributed by atoms with E-state index in [1.807, 2.05) is 0 Å². The van der Waals surface area contributed by atoms with E-state index in [9.17, 15) is 0 Å². The lowest BCUT2D eigenvalue weighted by molar-refractivity contribution is 0.590. The number of hydrogen-bond acceptors (Lipinski definition) is 2. The molecule has 1 aromatic heterocycles. The molecule has 3 heterocycles. The zero-order valence-electron chi connectivity index (χ0n) is 67.0. The van der Waals surface area contributed by atoms with Gasteiger partial charge in [0.2, 0.25) is 0 Å². The Morgan fingerprint density at radius 1 is 0.214 bits per heavy atom. The van der Waals surface area contributed by atoms with Crippen LogP contribution in [0.1, 0.15) is 52.7 Å². The topological polar surface area (TPSA) is 11.4 Å². The molecule has 0 aliphatic carbocycles. The van der Waals surface area contributed by atoms with Gasteiger partial charge in [-0.1, -0.05) is 406 Å². The van der Waals surface area contributed by atoms with Crippen LogP contribution in [0.25, 0.3) is 38.6 Å². The van der Waals surface area contributed by atoms with E-state index in [0.29, 0.717) is 0 Å². The number of fused-ring (bicyclic) bond motifs is 7. The summed E-state index contributed by atoms with van der Waals surface area (Å²) in [4.78, 5) is 5.38. The lowest BCUT2D eigenvalue weighted by atomic mass is 9.33. The van der Waals surface area contributed by atoms with Crippen LogP contribution in [0.4, 0.5) is 34.1 Å². The summed E-state index contributed by atoms with van der Waals surface area (Å²) >= 11 is 0. The van der Waals surface area contributed by atoms with Crippen LogP contribution < -0.4 is 88.4 Å². The van der Waals surface area contributed by atoms with Crippen molar-refractivity contribution in [2.24, 2.45) is 0 Å². The summed E-state index contributed by atoms with van der Waals surface area (Å²) in [6, 6.07) is 169. The predicted octanol–water partition coefficient (Wildman–Crippen LogP) is 17.3. The Bertz CT molecular complexity index is 6340. The van der Waals surface area contributed by atoms with Crippen molar-refractivity contribution >= 4 is 165 Å². The maximum absolute atomic E-state index is 3.26. The molecule has 0 spiro atoms. The van der Waals surface area contributed by atoms with Gasteiger partial charge in [-0.05, 0) is 185 Å². The van der Waals surface area contributed by atoms with Crippen molar-refractivity contribution in [2.45, 2.75) is 52.4 Å². The van der Waals surface area contributed by atoms with Crippen LogP contribution in [-0.2, 0) is 10.8 Å². The summed E-state index contributed by atoms with van der Waals surface area (Å²) in [6.45, 7) is 13.7. The zero-order chi connectivity index (χ0) is 79.0. The second-order valence-corrected chi connectivity index (χ2v) is 45.3. The lowest BCUT2D eigenvalue weighted by Gasteiger charge is -2.46. The van der Waals surface area contributed by atoms with Gasteiger partial charge in [0.15, 0.2) is 24.2 Å². The van der Waals surface area contributed by atoms with E-state index in [1.54, 1.807) is 0 Å². The molecule has 0 fully saturated rings. The average molecular weight is 1550 g/mol. The molecule has 3 nitrogen and oxygen atoms in total. The Morgan fingerprint density at radius 2 is 0.496 bits per heavy atom. The summed E-state index contributed by atoms with van der Waals surface area (Å²) in [5, 5.41) is 18.4. The minimum atomic E-state index is -3.26. The number of anilines is 6. The summed E-state index contributed by atoms with van der Waals surface area (Å²) in [6.07, 6.45) is 0. The highest BCUT2D eigenvalue weighted by Crippen LogP contribution is 2.48. The van der Waals surface area contributed by atoms with Gasteiger partial charge in [-0.25, -0.2) is 0 Å². The molecule has 0 bridgehead atoms. The largest absolute Gasteiger partial charge is 0.311 e. The average Bonchev–Trinajstić information content (AvgIpc) is 1.31. The van der Waals surface area contributed by atoms with Crippen molar-refractivity contribution in [1.29, 1.82) is 0 Å². The van der Waals surface area contributed by atoms with Gasteiger partial charge in [0, 0.05) is 44.9 Å². The van der Waals surface area contributed by atoms with E-state index >= 15 is 0 Å². The second-order valence-electron chi connectivity index (χ2n) is 33.9. The molecule has 0 N–H and O–H groups in total. The fraction of sp³-hybridized carbons (Fsp3) is 0.0727. The first-order valence-corrected chi connectivity index (χ1v) is 47.2. The van der Waals surface area contributed by atoms with Crippen LogP contribution in [0.5, 0.6) is 0 Å². The van der Waals surface area contributed by atoms with Crippen LogP contribution in [0, 0.1) is 0 Å². The highest BCUT2D eigenvalue weighted by atomic mass is 28.3. The third-order valence-corrected chi connectivity index (χ3v) is 39.6. The summed E-state index contributed by atoms with van der Waals surface area (Å²) in [5.74, 6) is 0. The van der Waals surface area contributed by atoms with E-state index in [1.165, 1.54) is 101 Å². The van der Waals surface area contributed by atoms with E-state index in [2.05, 4.69) is 493 Å². The monoisotopic (exact) mass is 1550 g/mol. The van der Waals surface area contributed by atoms with Crippen LogP contribution in [0.3, 0.4) is 0 Å². The first-order chi connectivity index (χ1) is 57.3. The van der Waals surface area contributed by atoms with Crippen molar-refractivity contribution in [3.8, 4) is 16.8 Å². The van der Waals surface area contributed by atoms with Crippen molar-refractivity contribution in [3.05, 3.63) is 448 Å². The van der Waals surface area contributed by atoms with Gasteiger partial charge >= 0.3 is 0 Å². The van der Waals surface area contributed by atoms with Crippen LogP contribution in [0.2, 0.25) is 0 Å². The molecule has 0 saturated carbocycles. The fourth-order valence-electron chi connectivity index (χ4n) is 19.9. The zero-order valence-corrected chi connectivity index (χ0v) is 70.0. The van der Waals surface area contributed by atoms with Gasteiger partial charge in [0.1, 0.15) is 0 Å². The molecule has 7 heteroatoms. The van der Waals surface area contributed by atoms with Gasteiger partial charge < -0.3 is 14.4 Å². The van der Waals surface area contributed by atoms with Gasteiger partial charge in [0.05, 0.1) is 16.7 Å². The number of rotatable bonds is 16. The number of aromatic nitrogens is 1. The van der Waals surface area contributed by atoms with Gasteiger partial charge in [-0.3, -0.25) is 0 Å². The minimum Gasteiger partial charge on any atom is -0.311 e. The quantitative estimate of drug-likeness (QED) is 0.0706. The Labute approximate surface area is 691 Å². The van der Waals surface area contributed by atoms with E-state index in [4.69, 9.17) is 0 Å². The molecule has 20 rings (SSSR count). The minimum absolute atomic E-state index is 0.0988. The Hall–Kier alpha value is -13.1. The third kappa shape index (κ3) is 12.0. The molecule has 0 unspecified atom stereocenters. The summed E-state index contributed by atoms with van der Waals surface area (Å²) in [5.41, 5.74) is 18.6. The Balaban J connectivity index is 0.976. The predicted molar refractivity (Wildman–Crippen MR) is 508 cm³/mol. The molecule has 0 saturated heterocycles. The van der Waals surface area contributed by atoms with Crippen LogP contribution in [0.15, 0.2) is 437 Å². The highest BCUT2D eigenvalue weighted by molar-refractivity contribution is 7.21. The normalized spacial score (nSPS) is 12.8. The molecular weight excluding hydrogens is 1460 g/mol. The standard InChI is InChI=1S/C110H90BN3Si3/c1-109(2,3)81-63-67-102-98(72-81)99-73-82(110(4,5)6)64-68-103(99)114(102)85-75-106-108-107(76-85)113(84-43-38-62-95(74-84)115(86-44-19-8-20-45-86,87-46-21-9-22-47-87)88-48-23-10-24-49-88)105-70-66-97(117(92-56-31-14-32-57-92,93-58-33-15-34-59-93)94-60-35-16-36-61-94)78-101(105)111(108)100-77-96(65-69-104(100)112(106)83-42-37-41-80(71-83)79-39-17-7-18-40-79)116(89-50-25-11-26-51-89,90-52-27-12-28-53-90)91-54-29-13-30-55-91/h7-78H,1-6H3. The fourth-order valence-corrected chi connectivity index (χ4v) is 34.3. The number of hydrogen-bond donors (Lipinski definition) is 0. The molecule has 2 aliphatic heterocycles. The number of nitrogens with zero attached hydrogens (tertiary/aromatic N) is 3. The first-order valence-electron chi connectivity index (χ1n) is 41.2. The lowest BCUT2D eigenvalue weighted by Crippen LogP contribution is -2.76. The van der Waals surface area contributed by atoms with Gasteiger partial charge in [0.25, 0.3) is 6.71 Å². The molecule has 0 radical (unpaired) electrons. The van der Waals surface area contributed by atoms with E-state index in [-0.39, 0.29) is 17.5 Å². The molecule has 0 amide bonds. The first kappa shape index (κ1) is 72.8.